The molecular weight excluding hydrogens is 131 g/mol. The average Bonchev–Trinajstić information content (AvgIpc) is 1.67. The molecule has 50 valence electrons. The van der Waals surface area contributed by atoms with E-state index in [1.165, 1.54) is 14.2 Å². The minimum atomic E-state index is -3.40. The Labute approximate surface area is 48.0 Å². The van der Waals surface area contributed by atoms with Gasteiger partial charge in [-0.2, -0.15) is 0 Å². The Balaban J connectivity index is 3.55. The molecule has 8 heavy (non-hydrogen) atoms. The molecule has 1 unspecified atom stereocenters. The fourth-order valence-corrected chi connectivity index (χ4v) is 0.648. The molecule has 0 aromatic carbocycles. The third-order valence-electron chi connectivity index (χ3n) is 0.578. The van der Waals surface area contributed by atoms with Gasteiger partial charge in [0.2, 0.25) is 0 Å². The smallest absolute Gasteiger partial charge is 0.353 e. The molecule has 0 aliphatic rings. The highest BCUT2D eigenvalue weighted by Crippen LogP contribution is 2.39. The number of hydrogen-bond donors (Lipinski definition) is 1. The zero-order chi connectivity index (χ0) is 6.62. The molecule has 5 heteroatoms. The molecule has 1 atom stereocenters. The van der Waals surface area contributed by atoms with Crippen LogP contribution in [0.1, 0.15) is 0 Å². The van der Waals surface area contributed by atoms with Gasteiger partial charge in [0.15, 0.2) is 0 Å². The zero-order valence-electron chi connectivity index (χ0n) is 4.83. The van der Waals surface area contributed by atoms with Crippen molar-refractivity contribution in [1.82, 2.24) is 0 Å². The van der Waals surface area contributed by atoms with E-state index >= 15 is 0 Å². The molecule has 0 aromatic heterocycles. The van der Waals surface area contributed by atoms with Crippen molar-refractivity contribution < 1.29 is 18.7 Å². The van der Waals surface area contributed by atoms with Gasteiger partial charge in [-0.25, -0.2) is 0 Å². The first-order valence-electron chi connectivity index (χ1n) is 1.99. The van der Waals surface area contributed by atoms with Crippen molar-refractivity contribution in [2.75, 3.05) is 20.6 Å². The number of hydrogen-bond acceptors (Lipinski definition) is 3. The van der Waals surface area contributed by atoms with E-state index in [0.29, 0.717) is 0 Å². The van der Waals surface area contributed by atoms with Crippen LogP contribution in [0.25, 0.3) is 0 Å². The Morgan fingerprint density at radius 1 is 1.62 bits per heavy atom. The van der Waals surface area contributed by atoms with Gasteiger partial charge in [0.25, 0.3) is 0 Å². The van der Waals surface area contributed by atoms with Gasteiger partial charge in [-0.3, -0.25) is 4.57 Å². The first-order chi connectivity index (χ1) is 3.62. The summed E-state index contributed by atoms with van der Waals surface area (Å²) in [6.07, 6.45) is -0.247. The van der Waals surface area contributed by atoms with Crippen LogP contribution in [-0.4, -0.2) is 25.5 Å². The molecule has 0 rings (SSSR count). The Bertz CT molecular complexity index is 101. The molecule has 0 saturated carbocycles. The number of methoxy groups -OCH3 is 1. The maximum atomic E-state index is 10.4. The zero-order valence-corrected chi connectivity index (χ0v) is 5.72. The van der Waals surface area contributed by atoms with Crippen LogP contribution in [0.2, 0.25) is 0 Å². The van der Waals surface area contributed by atoms with Gasteiger partial charge in [0.05, 0.1) is 0 Å². The van der Waals surface area contributed by atoms with Crippen molar-refractivity contribution in [3.8, 4) is 0 Å². The molecule has 0 heterocycles. The lowest BCUT2D eigenvalue weighted by Gasteiger charge is -2.04. The van der Waals surface area contributed by atoms with Gasteiger partial charge in [-0.05, 0) is 0 Å². The Morgan fingerprint density at radius 2 is 2.12 bits per heavy atom. The number of rotatable bonds is 3. The van der Waals surface area contributed by atoms with E-state index in [4.69, 9.17) is 4.89 Å². The summed E-state index contributed by atoms with van der Waals surface area (Å²) >= 11 is 0. The fraction of sp³-hybridized carbons (Fsp3) is 1.00. The second kappa shape index (κ2) is 3.20. The summed E-state index contributed by atoms with van der Waals surface area (Å²) in [5.41, 5.74) is 0. The minimum Gasteiger partial charge on any atom is -0.372 e. The first kappa shape index (κ1) is 8.11. The van der Waals surface area contributed by atoms with E-state index in [9.17, 15) is 4.57 Å². The van der Waals surface area contributed by atoms with Gasteiger partial charge in [0, 0.05) is 14.2 Å². The van der Waals surface area contributed by atoms with Gasteiger partial charge in [-0.1, -0.05) is 0 Å². The van der Waals surface area contributed by atoms with E-state index in [1.54, 1.807) is 0 Å². The quantitative estimate of drug-likeness (QED) is 0.577. The van der Waals surface area contributed by atoms with Crippen LogP contribution in [0.15, 0.2) is 0 Å². The van der Waals surface area contributed by atoms with Crippen molar-refractivity contribution in [1.29, 1.82) is 0 Å². The highest BCUT2D eigenvalue weighted by atomic mass is 31.2. The molecule has 0 bridgehead atoms. The van der Waals surface area contributed by atoms with E-state index in [-0.39, 0.29) is 6.35 Å². The van der Waals surface area contributed by atoms with Crippen molar-refractivity contribution in [2.45, 2.75) is 0 Å². The van der Waals surface area contributed by atoms with Crippen LogP contribution in [0.5, 0.6) is 0 Å². The molecule has 0 aromatic rings. The summed E-state index contributed by atoms with van der Waals surface area (Å²) < 4.78 is 18.9. The average molecular weight is 140 g/mol. The van der Waals surface area contributed by atoms with E-state index < -0.39 is 7.60 Å². The van der Waals surface area contributed by atoms with Crippen molar-refractivity contribution in [3.63, 3.8) is 0 Å². The minimum absolute atomic E-state index is 0.247. The number of ether oxygens (including phenoxy) is 1. The first-order valence-corrected chi connectivity index (χ1v) is 3.75. The maximum absolute atomic E-state index is 10.4. The highest BCUT2D eigenvalue weighted by molar-refractivity contribution is 7.52. The lowest BCUT2D eigenvalue weighted by molar-refractivity contribution is 0.206. The van der Waals surface area contributed by atoms with Crippen LogP contribution in [0, 0.1) is 0 Å². The fourth-order valence-electron chi connectivity index (χ4n) is 0.216. The van der Waals surface area contributed by atoms with Crippen LogP contribution < -0.4 is 0 Å². The predicted octanol–water partition coefficient (Wildman–Crippen LogP) is 0.422. The third-order valence-corrected chi connectivity index (χ3v) is 1.73. The van der Waals surface area contributed by atoms with Gasteiger partial charge >= 0.3 is 7.60 Å². The van der Waals surface area contributed by atoms with E-state index in [1.807, 2.05) is 0 Å². The summed E-state index contributed by atoms with van der Waals surface area (Å²) in [4.78, 5) is 8.53. The lowest BCUT2D eigenvalue weighted by Crippen LogP contribution is -1.91. The van der Waals surface area contributed by atoms with Crippen molar-refractivity contribution in [3.05, 3.63) is 0 Å². The van der Waals surface area contributed by atoms with Gasteiger partial charge in [0.1, 0.15) is 6.35 Å². The summed E-state index contributed by atoms with van der Waals surface area (Å²) in [5, 5.41) is 0. The van der Waals surface area contributed by atoms with Crippen LogP contribution >= 0.6 is 7.60 Å². The van der Waals surface area contributed by atoms with Gasteiger partial charge < -0.3 is 14.2 Å². The molecule has 0 fully saturated rings. The molecule has 0 aliphatic carbocycles. The lowest BCUT2D eigenvalue weighted by atomic mass is 11.5. The van der Waals surface area contributed by atoms with Crippen LogP contribution in [0.4, 0.5) is 0 Å². The standard InChI is InChI=1S/C3H9O4P/c1-6-3-8(4,5)7-2/h3H2,1-2H3,(H,4,5). The monoisotopic (exact) mass is 140 g/mol. The Kier molecular flexibility index (Phi) is 3.24. The molecule has 0 radical (unpaired) electrons. The highest BCUT2D eigenvalue weighted by Gasteiger charge is 2.14. The Hall–Kier alpha value is 0.110. The molecule has 0 amide bonds. The van der Waals surface area contributed by atoms with Gasteiger partial charge in [-0.15, -0.1) is 0 Å². The summed E-state index contributed by atoms with van der Waals surface area (Å²) in [6, 6.07) is 0. The van der Waals surface area contributed by atoms with Crippen molar-refractivity contribution >= 4 is 7.60 Å². The van der Waals surface area contributed by atoms with Crippen LogP contribution in [-0.2, 0) is 13.8 Å². The predicted molar refractivity (Wildman–Crippen MR) is 28.7 cm³/mol. The third kappa shape index (κ3) is 3.16. The normalized spacial score (nSPS) is 17.9. The maximum Gasteiger partial charge on any atom is 0.353 e. The SMILES string of the molecule is COCP(=O)(O)OC. The van der Waals surface area contributed by atoms with Crippen LogP contribution in [0.3, 0.4) is 0 Å². The molecular formula is C3H9O4P. The van der Waals surface area contributed by atoms with Crippen molar-refractivity contribution in [2.24, 2.45) is 0 Å². The van der Waals surface area contributed by atoms with E-state index in [2.05, 4.69) is 9.26 Å². The largest absolute Gasteiger partial charge is 0.372 e. The van der Waals surface area contributed by atoms with E-state index in [0.717, 1.165) is 0 Å². The second-order valence-corrected chi connectivity index (χ2v) is 3.14. The summed E-state index contributed by atoms with van der Waals surface area (Å²) in [6.45, 7) is 0. The second-order valence-electron chi connectivity index (χ2n) is 1.24. The molecule has 1 N–H and O–H groups in total. The molecule has 4 nitrogen and oxygen atoms in total. The summed E-state index contributed by atoms with van der Waals surface area (Å²) in [5.74, 6) is 0. The molecule has 0 saturated heterocycles. The summed E-state index contributed by atoms with van der Waals surface area (Å²) in [7, 11) is -0.894. The topological polar surface area (TPSA) is 55.8 Å². The Morgan fingerprint density at radius 3 is 2.25 bits per heavy atom. The molecule has 0 spiro atoms. The molecule has 0 aliphatic heterocycles.